The predicted molar refractivity (Wildman–Crippen MR) is 193 cm³/mol. The van der Waals surface area contributed by atoms with Crippen LogP contribution in [0.2, 0.25) is 0 Å². The Morgan fingerprint density at radius 1 is 0.964 bits per heavy atom. The molecule has 1 unspecified atom stereocenters. The van der Waals surface area contributed by atoms with Crippen molar-refractivity contribution >= 4 is 23.6 Å². The molecule has 11 atom stereocenters. The third-order valence-corrected chi connectivity index (χ3v) is 13.6. The molecule has 6 N–H and O–H groups in total. The van der Waals surface area contributed by atoms with Crippen molar-refractivity contribution in [3.63, 3.8) is 0 Å². The zero-order valence-corrected chi connectivity index (χ0v) is 43.0. The maximum atomic E-state index is 14.7. The topological polar surface area (TPSA) is 209 Å². The fraction of sp³-hybridized carbons (Fsp3) is 0.707. The molecule has 3 saturated carbocycles. The molecule has 1 aromatic carbocycles. The Hall–Kier alpha value is -0.317. The Kier molecular flexibility index (Phi) is 15.2. The van der Waals surface area contributed by atoms with E-state index in [-0.39, 0.29) is 130 Å². The Morgan fingerprint density at radius 3 is 2.12 bits per heavy atom. The first-order valence-corrected chi connectivity index (χ1v) is 19.2. The molecule has 4 fully saturated rings. The SMILES string of the molecule is CC1=C2[C@@H](O)C(=O)[C@@]3(C)[C@H]([C@H](OC(=O)c4ccccc4)[C@](O)(CC1OC(=O)[C@H](O)[C@@H](NC(=O)C(C)(C)C)C1CCCCC1)C2(C)C)[C@]1(O)CO[C@@H]1C[C@@H]3O.[Ac].[Ac]. The van der Waals surface area contributed by atoms with Crippen LogP contribution in [0.1, 0.15) is 104 Å². The van der Waals surface area contributed by atoms with Crippen LogP contribution in [-0.2, 0) is 28.6 Å². The molecule has 0 spiro atoms. The van der Waals surface area contributed by atoms with Crippen LogP contribution in [0.15, 0.2) is 41.5 Å². The van der Waals surface area contributed by atoms with Crippen molar-refractivity contribution in [2.24, 2.45) is 28.1 Å². The number of esters is 2. The number of aliphatic hydroxyl groups excluding tert-OH is 3. The Bertz CT molecular complexity index is 1690. The Morgan fingerprint density at radius 2 is 1.57 bits per heavy atom. The van der Waals surface area contributed by atoms with Gasteiger partial charge in [0.15, 0.2) is 11.9 Å². The monoisotopic (exact) mass is 1210 g/mol. The average Bonchev–Trinajstić information content (AvgIpc) is 3.12. The van der Waals surface area contributed by atoms with E-state index in [9.17, 15) is 44.7 Å². The molecule has 1 saturated heterocycles. The van der Waals surface area contributed by atoms with Crippen LogP contribution in [0.25, 0.3) is 0 Å². The molecule has 2 bridgehead atoms. The summed E-state index contributed by atoms with van der Waals surface area (Å²) in [5.74, 6) is -4.86. The van der Waals surface area contributed by atoms with Crippen molar-refractivity contribution < 1.29 is 147 Å². The van der Waals surface area contributed by atoms with Crippen molar-refractivity contribution in [1.29, 1.82) is 0 Å². The molecule has 15 heteroatoms. The number of carbonyl (C=O) groups excluding carboxylic acids is 4. The zero-order chi connectivity index (χ0) is 39.8. The summed E-state index contributed by atoms with van der Waals surface area (Å²) >= 11 is 0. The largest absolute Gasteiger partial charge is 0.456 e. The van der Waals surface area contributed by atoms with Crippen LogP contribution >= 0.6 is 0 Å². The van der Waals surface area contributed by atoms with E-state index in [1.807, 2.05) is 0 Å². The van der Waals surface area contributed by atoms with E-state index < -0.39 is 100 Å². The zero-order valence-electron chi connectivity index (χ0n) is 33.5. The quantitative estimate of drug-likeness (QED) is 0.172. The number of ketones is 1. The van der Waals surface area contributed by atoms with Gasteiger partial charge in [0.1, 0.15) is 29.5 Å². The summed E-state index contributed by atoms with van der Waals surface area (Å²) in [6, 6.07) is 7.02. The van der Waals surface area contributed by atoms with Gasteiger partial charge in [-0.1, -0.05) is 72.1 Å². The molecule has 1 aliphatic heterocycles. The number of ether oxygens (including phenoxy) is 3. The molecule has 5 aliphatic rings. The second kappa shape index (κ2) is 17.6. The first-order valence-electron chi connectivity index (χ1n) is 19.2. The molecule has 6 rings (SSSR count). The fourth-order valence-electron chi connectivity index (χ4n) is 10.0. The van der Waals surface area contributed by atoms with E-state index in [1.165, 1.54) is 19.1 Å². The fourth-order valence-corrected chi connectivity index (χ4v) is 10.0. The summed E-state index contributed by atoms with van der Waals surface area (Å²) < 4.78 is 17.9. The molecular formula is C41H57Ac2NO12. The number of fused-ring (bicyclic) bond motifs is 5. The third kappa shape index (κ3) is 8.09. The predicted octanol–water partition coefficient (Wildman–Crippen LogP) is 2.53. The van der Waals surface area contributed by atoms with Gasteiger partial charge in [-0.05, 0) is 55.9 Å². The van der Waals surface area contributed by atoms with Gasteiger partial charge in [-0.25, -0.2) is 9.59 Å². The Balaban J connectivity index is 0.00000348. The summed E-state index contributed by atoms with van der Waals surface area (Å²) in [6.07, 6.45) is -5.73. The van der Waals surface area contributed by atoms with Crippen LogP contribution in [0.4, 0.5) is 0 Å². The molecule has 1 heterocycles. The number of benzene rings is 1. The second-order valence-electron chi connectivity index (χ2n) is 18.1. The van der Waals surface area contributed by atoms with Crippen molar-refractivity contribution in [3.8, 4) is 0 Å². The van der Waals surface area contributed by atoms with E-state index in [0.29, 0.717) is 12.8 Å². The van der Waals surface area contributed by atoms with E-state index in [4.69, 9.17) is 14.2 Å². The van der Waals surface area contributed by atoms with Gasteiger partial charge in [0.05, 0.1) is 35.8 Å². The van der Waals surface area contributed by atoms with E-state index in [0.717, 1.165) is 19.3 Å². The third-order valence-electron chi connectivity index (χ3n) is 13.6. The Labute approximate surface area is 400 Å². The van der Waals surface area contributed by atoms with Crippen molar-refractivity contribution in [3.05, 3.63) is 47.0 Å². The minimum atomic E-state index is -2.26. The summed E-state index contributed by atoms with van der Waals surface area (Å²) in [6.45, 7) is 11.0. The molecule has 1 amide bonds. The van der Waals surface area contributed by atoms with E-state index in [1.54, 1.807) is 59.7 Å². The smallest absolute Gasteiger partial charge is 0.338 e. The number of aliphatic hydroxyl groups is 5. The van der Waals surface area contributed by atoms with Gasteiger partial charge in [-0.2, -0.15) is 0 Å². The second-order valence-corrected chi connectivity index (χ2v) is 18.1. The average molecular weight is 1210 g/mol. The molecule has 0 aromatic heterocycles. The number of carbonyl (C=O) groups is 4. The molecule has 56 heavy (non-hydrogen) atoms. The van der Waals surface area contributed by atoms with Crippen LogP contribution in [-0.4, -0.2) is 110 Å². The minimum absolute atomic E-state index is 0. The maximum Gasteiger partial charge on any atom is 0.338 e. The maximum absolute atomic E-state index is 14.7. The van der Waals surface area contributed by atoms with Gasteiger partial charge in [-0.15, -0.1) is 0 Å². The molecule has 2 radical (unpaired) electrons. The summed E-state index contributed by atoms with van der Waals surface area (Å²) in [5, 5.41) is 63.7. The number of Topliss-reactive ketones (excluding diaryl/α,β-unsaturated/α-hetero) is 1. The van der Waals surface area contributed by atoms with E-state index in [2.05, 4.69) is 5.32 Å². The normalized spacial score (nSPS) is 36.3. The first-order chi connectivity index (χ1) is 25.1. The van der Waals surface area contributed by atoms with E-state index >= 15 is 0 Å². The summed E-state index contributed by atoms with van der Waals surface area (Å²) in [7, 11) is 0. The van der Waals surface area contributed by atoms with Gasteiger partial charge < -0.3 is 45.1 Å². The van der Waals surface area contributed by atoms with Crippen molar-refractivity contribution in [2.75, 3.05) is 6.61 Å². The van der Waals surface area contributed by atoms with Gasteiger partial charge in [0.2, 0.25) is 5.91 Å². The molecule has 304 valence electrons. The number of hydrogen-bond acceptors (Lipinski definition) is 12. The number of amides is 1. The van der Waals surface area contributed by atoms with Crippen LogP contribution < -0.4 is 5.32 Å². The first kappa shape index (κ1) is 48.4. The van der Waals surface area contributed by atoms with Gasteiger partial charge in [0.25, 0.3) is 0 Å². The minimum Gasteiger partial charge on any atom is -0.456 e. The molecule has 4 aliphatic carbocycles. The van der Waals surface area contributed by atoms with Crippen LogP contribution in [0.3, 0.4) is 0 Å². The molecule has 13 nitrogen and oxygen atoms in total. The van der Waals surface area contributed by atoms with Gasteiger partial charge in [-0.3, -0.25) is 9.59 Å². The van der Waals surface area contributed by atoms with Crippen LogP contribution in [0.5, 0.6) is 0 Å². The van der Waals surface area contributed by atoms with Gasteiger partial charge in [0, 0.05) is 118 Å². The number of nitrogens with one attached hydrogen (secondary N) is 1. The van der Waals surface area contributed by atoms with Crippen molar-refractivity contribution in [2.45, 2.75) is 147 Å². The van der Waals surface area contributed by atoms with Gasteiger partial charge >= 0.3 is 11.9 Å². The molecule has 1 aromatic rings. The number of hydrogen-bond donors (Lipinski definition) is 6. The molecular weight excluding hydrogens is 1150 g/mol. The van der Waals surface area contributed by atoms with Crippen molar-refractivity contribution in [1.82, 2.24) is 5.32 Å². The summed E-state index contributed by atoms with van der Waals surface area (Å²) in [4.78, 5) is 55.9. The standard InChI is InChI=1S/C41H57NO12.2Ac/c1-21-24(53-35(48)30(45)28(22-14-10-8-11-15-22)42-36(49)37(2,3)4)19-41(51)33(54-34(47)23-16-12-9-13-17-23)31-39(7,25(43)18-26-40(31,50)20-52-26)32(46)29(44)27(21)38(41,5)6;;/h9,12-13,16-17,22,24-26,28-31,33,43-45,50-51H,8,10-11,14-15,18-20H2,1-7H3,(H,42,49);;/t24?,25-,26+,28-,29+,30+,31-,33-,39+,40-,41+;;/m0../s1. The summed E-state index contributed by atoms with van der Waals surface area (Å²) in [5.41, 5.74) is -8.07. The van der Waals surface area contributed by atoms with Crippen LogP contribution in [0, 0.1) is 116 Å². The number of rotatable bonds is 7.